The summed E-state index contributed by atoms with van der Waals surface area (Å²) in [5.41, 5.74) is 4.91. The minimum Gasteiger partial charge on any atom is -0.378 e. The van der Waals surface area contributed by atoms with E-state index < -0.39 is 0 Å². The number of anilines is 1. The molecule has 0 saturated carbocycles. The molecule has 3 aromatic rings. The van der Waals surface area contributed by atoms with Gasteiger partial charge < -0.3 is 5.32 Å². The zero-order valence-corrected chi connectivity index (χ0v) is 13.1. The van der Waals surface area contributed by atoms with Gasteiger partial charge in [0.2, 0.25) is 0 Å². The van der Waals surface area contributed by atoms with Crippen molar-refractivity contribution < 1.29 is 4.39 Å². The van der Waals surface area contributed by atoms with E-state index in [2.05, 4.69) is 39.2 Å². The van der Waals surface area contributed by atoms with Gasteiger partial charge in [0, 0.05) is 16.2 Å². The second-order valence-electron chi connectivity index (χ2n) is 4.57. The van der Waals surface area contributed by atoms with Crippen molar-refractivity contribution in [2.24, 2.45) is 0 Å². The second kappa shape index (κ2) is 5.50. The largest absolute Gasteiger partial charge is 0.378 e. The topological polar surface area (TPSA) is 24.9 Å². The summed E-state index contributed by atoms with van der Waals surface area (Å²) in [4.78, 5) is 4.26. The number of thiazole rings is 1. The number of nitrogens with zero attached hydrogens (tertiary/aromatic N) is 1. The molecule has 1 atom stereocenters. The summed E-state index contributed by atoms with van der Waals surface area (Å²) in [6.07, 6.45) is 0. The zero-order chi connectivity index (χ0) is 14.1. The Hall–Kier alpha value is -1.46. The van der Waals surface area contributed by atoms with Crippen LogP contribution >= 0.6 is 27.3 Å². The lowest BCUT2D eigenvalue weighted by molar-refractivity contribution is 0.625. The van der Waals surface area contributed by atoms with Crippen molar-refractivity contribution >= 4 is 43.2 Å². The third kappa shape index (κ3) is 2.69. The zero-order valence-electron chi connectivity index (χ0n) is 10.7. The highest BCUT2D eigenvalue weighted by Gasteiger charge is 2.10. The lowest BCUT2D eigenvalue weighted by Crippen LogP contribution is -2.07. The monoisotopic (exact) mass is 350 g/mol. The molecule has 0 aliphatic heterocycles. The van der Waals surface area contributed by atoms with E-state index in [9.17, 15) is 4.39 Å². The summed E-state index contributed by atoms with van der Waals surface area (Å²) in [6.45, 7) is 2.05. The maximum absolute atomic E-state index is 13.1. The molecule has 20 heavy (non-hydrogen) atoms. The molecule has 0 radical (unpaired) electrons. The average molecular weight is 351 g/mol. The van der Waals surface area contributed by atoms with Crippen LogP contribution in [-0.4, -0.2) is 4.98 Å². The number of hydrogen-bond acceptors (Lipinski definition) is 3. The van der Waals surface area contributed by atoms with Crippen LogP contribution in [0.3, 0.4) is 0 Å². The van der Waals surface area contributed by atoms with E-state index in [0.29, 0.717) is 0 Å². The Morgan fingerprint density at radius 2 is 2.10 bits per heavy atom. The summed E-state index contributed by atoms with van der Waals surface area (Å²) in [6, 6.07) is 10.9. The first kappa shape index (κ1) is 13.5. The van der Waals surface area contributed by atoms with Crippen LogP contribution in [0.5, 0.6) is 0 Å². The van der Waals surface area contributed by atoms with Crippen molar-refractivity contribution in [3.8, 4) is 0 Å². The fourth-order valence-electron chi connectivity index (χ4n) is 2.13. The molecule has 0 bridgehead atoms. The molecule has 0 fully saturated rings. The molecular formula is C15H12BrFN2S. The van der Waals surface area contributed by atoms with Gasteiger partial charge in [-0.15, -0.1) is 11.3 Å². The van der Waals surface area contributed by atoms with Gasteiger partial charge in [-0.3, -0.25) is 0 Å². The summed E-state index contributed by atoms with van der Waals surface area (Å²) >= 11 is 5.03. The second-order valence-corrected chi connectivity index (χ2v) is 6.31. The SMILES string of the molecule is CC(Nc1ccc2ncsc2c1)c1ccc(F)cc1Br. The van der Waals surface area contributed by atoms with E-state index in [1.807, 2.05) is 17.6 Å². The molecule has 102 valence electrons. The maximum Gasteiger partial charge on any atom is 0.124 e. The highest BCUT2D eigenvalue weighted by molar-refractivity contribution is 9.10. The van der Waals surface area contributed by atoms with Gasteiger partial charge in [0.15, 0.2) is 0 Å². The molecule has 0 spiro atoms. The van der Waals surface area contributed by atoms with E-state index in [0.717, 1.165) is 25.9 Å². The van der Waals surface area contributed by atoms with Gasteiger partial charge in [-0.25, -0.2) is 9.37 Å². The fraction of sp³-hybridized carbons (Fsp3) is 0.133. The smallest absolute Gasteiger partial charge is 0.124 e. The molecular weight excluding hydrogens is 339 g/mol. The van der Waals surface area contributed by atoms with Gasteiger partial charge in [0.25, 0.3) is 0 Å². The minimum atomic E-state index is -0.237. The molecule has 5 heteroatoms. The van der Waals surface area contributed by atoms with Crippen LogP contribution in [0.25, 0.3) is 10.2 Å². The highest BCUT2D eigenvalue weighted by Crippen LogP contribution is 2.29. The molecule has 0 amide bonds. The number of nitrogens with one attached hydrogen (secondary N) is 1. The minimum absolute atomic E-state index is 0.0790. The number of benzene rings is 2. The number of aromatic nitrogens is 1. The normalized spacial score (nSPS) is 12.6. The van der Waals surface area contributed by atoms with Crippen LogP contribution in [-0.2, 0) is 0 Å². The van der Waals surface area contributed by atoms with E-state index >= 15 is 0 Å². The number of halogens is 2. The third-order valence-electron chi connectivity index (χ3n) is 3.14. The van der Waals surface area contributed by atoms with Crippen LogP contribution in [0, 0.1) is 5.82 Å². The molecule has 0 aliphatic rings. The van der Waals surface area contributed by atoms with Crippen molar-refractivity contribution in [1.29, 1.82) is 0 Å². The van der Waals surface area contributed by atoms with Crippen LogP contribution in [0.15, 0.2) is 46.4 Å². The summed E-state index contributed by atoms with van der Waals surface area (Å²) in [7, 11) is 0. The Morgan fingerprint density at radius 3 is 2.90 bits per heavy atom. The lowest BCUT2D eigenvalue weighted by Gasteiger charge is -2.17. The van der Waals surface area contributed by atoms with Gasteiger partial charge in [-0.2, -0.15) is 0 Å². The maximum atomic E-state index is 13.1. The summed E-state index contributed by atoms with van der Waals surface area (Å²) < 4.78 is 15.0. The average Bonchev–Trinajstić information content (AvgIpc) is 2.85. The lowest BCUT2D eigenvalue weighted by atomic mass is 10.1. The Balaban J connectivity index is 1.85. The predicted molar refractivity (Wildman–Crippen MR) is 85.8 cm³/mol. The number of hydrogen-bond donors (Lipinski definition) is 1. The Kier molecular flexibility index (Phi) is 3.72. The van der Waals surface area contributed by atoms with E-state index in [-0.39, 0.29) is 11.9 Å². The molecule has 1 heterocycles. The van der Waals surface area contributed by atoms with Gasteiger partial charge in [0.1, 0.15) is 5.82 Å². The Bertz CT molecular complexity index is 756. The van der Waals surface area contributed by atoms with E-state index in [1.165, 1.54) is 12.1 Å². The van der Waals surface area contributed by atoms with Gasteiger partial charge in [-0.1, -0.05) is 22.0 Å². The van der Waals surface area contributed by atoms with Crippen LogP contribution in [0.1, 0.15) is 18.5 Å². The summed E-state index contributed by atoms with van der Waals surface area (Å²) in [5.74, 6) is -0.237. The predicted octanol–water partition coefficient (Wildman–Crippen LogP) is 5.37. The molecule has 0 aliphatic carbocycles. The molecule has 0 saturated heterocycles. The Labute approximate surface area is 128 Å². The van der Waals surface area contributed by atoms with Crippen molar-refractivity contribution in [3.05, 3.63) is 57.8 Å². The van der Waals surface area contributed by atoms with Gasteiger partial charge in [-0.05, 0) is 42.8 Å². The van der Waals surface area contributed by atoms with Crippen LogP contribution < -0.4 is 5.32 Å². The van der Waals surface area contributed by atoms with Crippen molar-refractivity contribution in [2.45, 2.75) is 13.0 Å². The van der Waals surface area contributed by atoms with Crippen molar-refractivity contribution in [2.75, 3.05) is 5.32 Å². The quantitative estimate of drug-likeness (QED) is 0.686. The molecule has 3 rings (SSSR count). The number of rotatable bonds is 3. The van der Waals surface area contributed by atoms with Crippen LogP contribution in [0.2, 0.25) is 0 Å². The summed E-state index contributed by atoms with van der Waals surface area (Å²) in [5, 5.41) is 3.43. The molecule has 2 aromatic carbocycles. The highest BCUT2D eigenvalue weighted by atomic mass is 79.9. The van der Waals surface area contributed by atoms with Crippen molar-refractivity contribution in [1.82, 2.24) is 4.98 Å². The van der Waals surface area contributed by atoms with Crippen molar-refractivity contribution in [3.63, 3.8) is 0 Å². The third-order valence-corrected chi connectivity index (χ3v) is 4.62. The fourth-order valence-corrected chi connectivity index (χ4v) is 3.54. The van der Waals surface area contributed by atoms with E-state index in [1.54, 1.807) is 17.4 Å². The first-order valence-electron chi connectivity index (χ1n) is 6.18. The van der Waals surface area contributed by atoms with Gasteiger partial charge in [0.05, 0.1) is 15.7 Å². The molecule has 1 N–H and O–H groups in total. The molecule has 2 nitrogen and oxygen atoms in total. The standard InChI is InChI=1S/C15H12BrFN2S/c1-9(12-4-2-10(17)6-13(12)16)19-11-3-5-14-15(7-11)20-8-18-14/h2-9,19H,1H3. The van der Waals surface area contributed by atoms with Crippen LogP contribution in [0.4, 0.5) is 10.1 Å². The van der Waals surface area contributed by atoms with Gasteiger partial charge >= 0.3 is 0 Å². The molecule has 1 unspecified atom stereocenters. The first-order valence-corrected chi connectivity index (χ1v) is 7.85. The molecule has 1 aromatic heterocycles. The number of fused-ring (bicyclic) bond motifs is 1. The van der Waals surface area contributed by atoms with E-state index in [4.69, 9.17) is 0 Å². The Morgan fingerprint density at radius 1 is 1.25 bits per heavy atom. The first-order chi connectivity index (χ1) is 9.63.